The molecule has 3 aliphatic heterocycles. The van der Waals surface area contributed by atoms with Crippen LogP contribution in [0.1, 0.15) is 44.9 Å². The molecule has 0 spiro atoms. The van der Waals surface area contributed by atoms with Gasteiger partial charge < -0.3 is 14.5 Å². The molecule has 0 aromatic rings. The van der Waals surface area contributed by atoms with Crippen LogP contribution in [-0.4, -0.2) is 112 Å². The highest BCUT2D eigenvalue weighted by atomic mass is 16.5. The van der Waals surface area contributed by atoms with Crippen molar-refractivity contribution in [3.8, 4) is 0 Å². The summed E-state index contributed by atoms with van der Waals surface area (Å²) in [6.45, 7) is 15.2. The molecule has 0 atom stereocenters. The molecular weight excluding hydrogens is 352 g/mol. The van der Waals surface area contributed by atoms with E-state index >= 15 is 0 Å². The summed E-state index contributed by atoms with van der Waals surface area (Å²) < 4.78 is 5.45. The monoisotopic (exact) mass is 395 g/mol. The van der Waals surface area contributed by atoms with Crippen LogP contribution in [0.25, 0.3) is 0 Å². The fraction of sp³-hybridized carbons (Fsp3) is 1.00. The SMILES string of the molecule is C1CCN(CCCN([N]CCN2CCCCC2)NCCN2CCOCC2)CC1. The number of likely N-dealkylation sites (tertiary alicyclic amines) is 2. The van der Waals surface area contributed by atoms with Crippen LogP contribution in [0.5, 0.6) is 0 Å². The van der Waals surface area contributed by atoms with E-state index in [9.17, 15) is 0 Å². The third-order valence-corrected chi connectivity index (χ3v) is 6.25. The smallest absolute Gasteiger partial charge is 0.0594 e. The summed E-state index contributed by atoms with van der Waals surface area (Å²) in [7, 11) is 0. The molecule has 7 nitrogen and oxygen atoms in total. The highest BCUT2D eigenvalue weighted by Crippen LogP contribution is 2.09. The quantitative estimate of drug-likeness (QED) is 0.498. The largest absolute Gasteiger partial charge is 0.379 e. The van der Waals surface area contributed by atoms with E-state index < -0.39 is 0 Å². The Morgan fingerprint density at radius 3 is 2.00 bits per heavy atom. The zero-order valence-electron chi connectivity index (χ0n) is 18.0. The molecule has 28 heavy (non-hydrogen) atoms. The number of hydrazine groups is 1. The molecular formula is C21H43N6O. The van der Waals surface area contributed by atoms with Gasteiger partial charge in [-0.3, -0.25) is 4.90 Å². The predicted octanol–water partition coefficient (Wildman–Crippen LogP) is 1.01. The molecule has 0 aliphatic carbocycles. The van der Waals surface area contributed by atoms with Crippen molar-refractivity contribution in [1.82, 2.24) is 30.7 Å². The van der Waals surface area contributed by atoms with Gasteiger partial charge in [0.05, 0.1) is 13.2 Å². The van der Waals surface area contributed by atoms with Gasteiger partial charge in [-0.15, -0.1) is 5.43 Å². The van der Waals surface area contributed by atoms with Crippen molar-refractivity contribution in [2.45, 2.75) is 44.9 Å². The van der Waals surface area contributed by atoms with E-state index in [4.69, 9.17) is 10.2 Å². The van der Waals surface area contributed by atoms with Crippen LogP contribution in [0.3, 0.4) is 0 Å². The highest BCUT2D eigenvalue weighted by Gasteiger charge is 2.14. The van der Waals surface area contributed by atoms with Gasteiger partial charge in [0.2, 0.25) is 0 Å². The molecule has 0 saturated carbocycles. The molecule has 7 heteroatoms. The number of nitrogens with zero attached hydrogens (tertiary/aromatic N) is 5. The fourth-order valence-corrected chi connectivity index (χ4v) is 4.48. The van der Waals surface area contributed by atoms with Crippen LogP contribution in [0.2, 0.25) is 0 Å². The van der Waals surface area contributed by atoms with Crippen molar-refractivity contribution >= 4 is 0 Å². The first kappa shape index (κ1) is 22.4. The lowest BCUT2D eigenvalue weighted by atomic mass is 10.1. The first-order valence-electron chi connectivity index (χ1n) is 11.8. The van der Waals surface area contributed by atoms with Crippen molar-refractivity contribution in [1.29, 1.82) is 0 Å². The lowest BCUT2D eigenvalue weighted by Gasteiger charge is -2.30. The van der Waals surface area contributed by atoms with Crippen LogP contribution >= 0.6 is 0 Å². The van der Waals surface area contributed by atoms with E-state index in [0.29, 0.717) is 0 Å². The lowest BCUT2D eigenvalue weighted by Crippen LogP contribution is -2.50. The molecule has 163 valence electrons. The molecule has 1 radical (unpaired) electrons. The minimum atomic E-state index is 0.875. The third kappa shape index (κ3) is 9.03. The van der Waals surface area contributed by atoms with E-state index in [1.165, 1.54) is 77.7 Å². The van der Waals surface area contributed by atoms with Crippen molar-refractivity contribution in [3.05, 3.63) is 0 Å². The van der Waals surface area contributed by atoms with Gasteiger partial charge in [-0.05, 0) is 64.8 Å². The van der Waals surface area contributed by atoms with Crippen molar-refractivity contribution < 1.29 is 4.74 Å². The Labute approximate surface area is 172 Å². The van der Waals surface area contributed by atoms with Gasteiger partial charge in [-0.1, -0.05) is 12.8 Å². The molecule has 3 rings (SSSR count). The second-order valence-electron chi connectivity index (χ2n) is 8.51. The third-order valence-electron chi connectivity index (χ3n) is 6.25. The van der Waals surface area contributed by atoms with Gasteiger partial charge in [0.25, 0.3) is 0 Å². The number of nitrogens with one attached hydrogen (secondary N) is 1. The van der Waals surface area contributed by atoms with E-state index in [1.54, 1.807) is 0 Å². The maximum atomic E-state index is 5.45. The summed E-state index contributed by atoms with van der Waals surface area (Å²) in [6, 6.07) is 0. The molecule has 3 fully saturated rings. The predicted molar refractivity (Wildman–Crippen MR) is 114 cm³/mol. The number of ether oxygens (including phenoxy) is 1. The molecule has 0 bridgehead atoms. The van der Waals surface area contributed by atoms with Gasteiger partial charge in [0, 0.05) is 45.8 Å². The molecule has 0 aromatic carbocycles. The van der Waals surface area contributed by atoms with Gasteiger partial charge in [0.15, 0.2) is 0 Å². The van der Waals surface area contributed by atoms with Crippen molar-refractivity contribution in [3.63, 3.8) is 0 Å². The average molecular weight is 396 g/mol. The summed E-state index contributed by atoms with van der Waals surface area (Å²) in [4.78, 5) is 7.69. The van der Waals surface area contributed by atoms with Crippen molar-refractivity contribution in [2.24, 2.45) is 0 Å². The minimum absolute atomic E-state index is 0.875. The molecule has 0 unspecified atom stereocenters. The molecule has 3 saturated heterocycles. The Morgan fingerprint density at radius 1 is 0.714 bits per heavy atom. The van der Waals surface area contributed by atoms with E-state index in [1.807, 2.05) is 0 Å². The topological polar surface area (TPSA) is 48.3 Å². The normalized spacial score (nSPS) is 23.5. The number of hydrogen-bond acceptors (Lipinski definition) is 6. The second kappa shape index (κ2) is 13.9. The molecule has 1 N–H and O–H groups in total. The lowest BCUT2D eigenvalue weighted by molar-refractivity contribution is 0.0303. The van der Waals surface area contributed by atoms with Crippen LogP contribution < -0.4 is 10.9 Å². The number of morpholine rings is 1. The van der Waals surface area contributed by atoms with E-state index in [0.717, 1.165) is 59.0 Å². The van der Waals surface area contributed by atoms with Crippen LogP contribution in [0, 0.1) is 0 Å². The summed E-state index contributed by atoms with van der Waals surface area (Å²) in [5, 5.41) is 2.15. The first-order valence-corrected chi connectivity index (χ1v) is 11.8. The zero-order valence-corrected chi connectivity index (χ0v) is 18.0. The zero-order chi connectivity index (χ0) is 19.3. The highest BCUT2D eigenvalue weighted by molar-refractivity contribution is 4.67. The van der Waals surface area contributed by atoms with Gasteiger partial charge in [-0.2, -0.15) is 5.12 Å². The summed E-state index contributed by atoms with van der Waals surface area (Å²) in [6.07, 6.45) is 9.48. The van der Waals surface area contributed by atoms with Crippen LogP contribution in [0.4, 0.5) is 0 Å². The van der Waals surface area contributed by atoms with Crippen LogP contribution in [0.15, 0.2) is 0 Å². The standard InChI is InChI=1S/C21H43N6O/c1-3-10-24(11-4-1)14-7-15-27(22-8-16-25-12-5-2-6-13-25)23-9-17-26-18-20-28-21-19-26/h23H,1-21H2. The molecule has 3 aliphatic rings. The Kier molecular flexibility index (Phi) is 11.1. The molecule has 0 amide bonds. The summed E-state index contributed by atoms with van der Waals surface area (Å²) in [5.41, 5.74) is 8.49. The Bertz CT molecular complexity index is 324. The Morgan fingerprint density at radius 2 is 1.32 bits per heavy atom. The number of piperidine rings is 2. The van der Waals surface area contributed by atoms with Crippen molar-refractivity contribution in [2.75, 3.05) is 91.8 Å². The van der Waals surface area contributed by atoms with E-state index in [2.05, 4.69) is 25.2 Å². The van der Waals surface area contributed by atoms with Crippen LogP contribution in [-0.2, 0) is 4.74 Å². The molecule has 0 aromatic heterocycles. The number of hydrogen-bond donors (Lipinski definition) is 1. The van der Waals surface area contributed by atoms with Gasteiger partial charge in [-0.25, -0.2) is 5.43 Å². The second-order valence-corrected chi connectivity index (χ2v) is 8.51. The fourth-order valence-electron chi connectivity index (χ4n) is 4.48. The maximum Gasteiger partial charge on any atom is 0.0594 e. The number of rotatable bonds is 12. The maximum absolute atomic E-state index is 5.45. The minimum Gasteiger partial charge on any atom is -0.379 e. The molecule has 3 heterocycles. The van der Waals surface area contributed by atoms with Gasteiger partial charge in [0.1, 0.15) is 0 Å². The average Bonchev–Trinajstić information content (AvgIpc) is 2.76. The summed E-state index contributed by atoms with van der Waals surface area (Å²) >= 11 is 0. The first-order chi connectivity index (χ1) is 13.9. The summed E-state index contributed by atoms with van der Waals surface area (Å²) in [5.74, 6) is 0. The Hall–Kier alpha value is -0.280. The van der Waals surface area contributed by atoms with E-state index in [-0.39, 0.29) is 0 Å². The van der Waals surface area contributed by atoms with Gasteiger partial charge >= 0.3 is 0 Å². The Balaban J connectivity index is 1.32.